The zero-order valence-electron chi connectivity index (χ0n) is 15.3. The van der Waals surface area contributed by atoms with Crippen LogP contribution in [0.1, 0.15) is 25.5 Å². The molecule has 1 amide bonds. The number of hydrogen-bond acceptors (Lipinski definition) is 4. The van der Waals surface area contributed by atoms with Gasteiger partial charge < -0.3 is 4.74 Å². The van der Waals surface area contributed by atoms with Crippen molar-refractivity contribution >= 4 is 39.1 Å². The lowest BCUT2D eigenvalue weighted by molar-refractivity contribution is -0.139. The molecule has 27 heavy (non-hydrogen) atoms. The number of benzene rings is 2. The lowest BCUT2D eigenvalue weighted by atomic mass is 9.84. The van der Waals surface area contributed by atoms with Gasteiger partial charge in [-0.05, 0) is 30.3 Å². The Kier molecular flexibility index (Phi) is 5.46. The normalized spacial score (nSPS) is 19.7. The Morgan fingerprint density at radius 1 is 1.07 bits per heavy atom. The van der Waals surface area contributed by atoms with Gasteiger partial charge in [0.05, 0.1) is 13.2 Å². The van der Waals surface area contributed by atoms with Crippen molar-refractivity contribution in [1.29, 1.82) is 0 Å². The zero-order chi connectivity index (χ0) is 19.7. The van der Waals surface area contributed by atoms with E-state index >= 15 is 0 Å². The second-order valence-electron chi connectivity index (χ2n) is 6.74. The number of para-hydroxylation sites is 1. The molecule has 1 fully saturated rings. The van der Waals surface area contributed by atoms with Crippen molar-refractivity contribution in [2.45, 2.75) is 19.9 Å². The predicted molar refractivity (Wildman–Crippen MR) is 106 cm³/mol. The first-order chi connectivity index (χ1) is 12.9. The summed E-state index contributed by atoms with van der Waals surface area (Å²) < 4.78 is 6.31. The number of amides is 1. The molecule has 1 heterocycles. The molecule has 0 spiro atoms. The number of Topliss-reactive ketones (excluding diaryl/α,β-unsaturated/α-hetero) is 2. The highest BCUT2D eigenvalue weighted by Crippen LogP contribution is 2.44. The number of halogens is 1. The van der Waals surface area contributed by atoms with Gasteiger partial charge in [0.1, 0.15) is 17.5 Å². The molecule has 1 aliphatic rings. The van der Waals surface area contributed by atoms with Crippen LogP contribution in [0.3, 0.4) is 0 Å². The minimum Gasteiger partial charge on any atom is -0.496 e. The van der Waals surface area contributed by atoms with E-state index in [0.717, 1.165) is 4.47 Å². The van der Waals surface area contributed by atoms with E-state index in [4.69, 9.17) is 4.74 Å². The first-order valence-corrected chi connectivity index (χ1v) is 9.45. The number of ketones is 2. The minimum atomic E-state index is -1.06. The van der Waals surface area contributed by atoms with Gasteiger partial charge in [0, 0.05) is 21.6 Å². The van der Waals surface area contributed by atoms with Crippen LogP contribution in [0.5, 0.6) is 5.75 Å². The van der Waals surface area contributed by atoms with Crippen LogP contribution in [-0.4, -0.2) is 24.6 Å². The van der Waals surface area contributed by atoms with Gasteiger partial charge in [-0.2, -0.15) is 0 Å². The Hall–Kier alpha value is -2.47. The lowest BCUT2D eigenvalue weighted by Crippen LogP contribution is -2.32. The van der Waals surface area contributed by atoms with Gasteiger partial charge in [0.15, 0.2) is 0 Å². The minimum absolute atomic E-state index is 0.246. The fourth-order valence-corrected chi connectivity index (χ4v) is 3.69. The van der Waals surface area contributed by atoms with Gasteiger partial charge in [-0.3, -0.25) is 19.3 Å². The van der Waals surface area contributed by atoms with Gasteiger partial charge in [-0.25, -0.2) is 0 Å². The largest absolute Gasteiger partial charge is 0.496 e. The number of carbonyl (C=O) groups excluding carboxylic acids is 3. The number of rotatable bonds is 5. The summed E-state index contributed by atoms with van der Waals surface area (Å²) in [6, 6.07) is 13.5. The van der Waals surface area contributed by atoms with E-state index in [-0.39, 0.29) is 11.7 Å². The first kappa shape index (κ1) is 19.3. The average molecular weight is 430 g/mol. The summed E-state index contributed by atoms with van der Waals surface area (Å²) in [5, 5.41) is 0. The fourth-order valence-electron chi connectivity index (χ4n) is 3.42. The van der Waals surface area contributed by atoms with Crippen LogP contribution in [-0.2, 0) is 14.4 Å². The molecule has 2 atom stereocenters. The highest BCUT2D eigenvalue weighted by atomic mass is 79.9. The summed E-state index contributed by atoms with van der Waals surface area (Å²) >= 11 is 3.37. The van der Waals surface area contributed by atoms with E-state index in [1.165, 1.54) is 12.0 Å². The van der Waals surface area contributed by atoms with Gasteiger partial charge in [-0.1, -0.05) is 48.0 Å². The standard InChI is InChI=1S/C21H20BrNO4/c1-12(2)19(24)17-18(15-6-4-5-7-16(15)27-3)23(21(26)20(17)25)14-10-8-13(22)9-11-14/h4-12,17-18H,1-3H3. The molecule has 0 N–H and O–H groups in total. The molecule has 0 bridgehead atoms. The van der Waals surface area contributed by atoms with Gasteiger partial charge in [0.25, 0.3) is 5.91 Å². The number of methoxy groups -OCH3 is 1. The van der Waals surface area contributed by atoms with Crippen LogP contribution >= 0.6 is 15.9 Å². The maximum absolute atomic E-state index is 12.9. The summed E-state index contributed by atoms with van der Waals surface area (Å²) in [6.07, 6.45) is 0. The van der Waals surface area contributed by atoms with Gasteiger partial charge in [0.2, 0.25) is 5.78 Å². The van der Waals surface area contributed by atoms with Crippen LogP contribution in [0.15, 0.2) is 53.0 Å². The Bertz CT molecular complexity index is 891. The topological polar surface area (TPSA) is 63.7 Å². The Morgan fingerprint density at radius 3 is 2.30 bits per heavy atom. The smallest absolute Gasteiger partial charge is 0.295 e. The van der Waals surface area contributed by atoms with Crippen molar-refractivity contribution in [1.82, 2.24) is 0 Å². The van der Waals surface area contributed by atoms with E-state index in [2.05, 4.69) is 15.9 Å². The number of nitrogens with zero attached hydrogens (tertiary/aromatic N) is 1. The van der Waals surface area contributed by atoms with Crippen molar-refractivity contribution in [3.8, 4) is 5.75 Å². The van der Waals surface area contributed by atoms with Gasteiger partial charge in [-0.15, -0.1) is 0 Å². The summed E-state index contributed by atoms with van der Waals surface area (Å²) in [7, 11) is 1.53. The molecule has 0 saturated carbocycles. The second-order valence-corrected chi connectivity index (χ2v) is 7.65. The third kappa shape index (κ3) is 3.41. The Balaban J connectivity index is 2.21. The Labute approximate surface area is 166 Å². The van der Waals surface area contributed by atoms with Crippen LogP contribution < -0.4 is 9.64 Å². The van der Waals surface area contributed by atoms with Crippen molar-refractivity contribution < 1.29 is 19.1 Å². The molecule has 1 saturated heterocycles. The number of hydrogen-bond donors (Lipinski definition) is 0. The summed E-state index contributed by atoms with van der Waals surface area (Å²) in [5.74, 6) is -2.48. The molecule has 0 aliphatic carbocycles. The lowest BCUT2D eigenvalue weighted by Gasteiger charge is -2.29. The second kappa shape index (κ2) is 7.64. The summed E-state index contributed by atoms with van der Waals surface area (Å²) in [6.45, 7) is 3.48. The monoisotopic (exact) mass is 429 g/mol. The van der Waals surface area contributed by atoms with E-state index in [0.29, 0.717) is 17.0 Å². The number of ether oxygens (including phenoxy) is 1. The average Bonchev–Trinajstić information content (AvgIpc) is 2.92. The molecule has 0 aromatic heterocycles. The highest BCUT2D eigenvalue weighted by Gasteiger charge is 2.53. The third-order valence-electron chi connectivity index (χ3n) is 4.74. The number of carbonyl (C=O) groups is 3. The van der Waals surface area contributed by atoms with Crippen molar-refractivity contribution in [3.63, 3.8) is 0 Å². The van der Waals surface area contributed by atoms with Crippen molar-refractivity contribution in [2.75, 3.05) is 12.0 Å². The van der Waals surface area contributed by atoms with E-state index in [1.54, 1.807) is 50.2 Å². The quantitative estimate of drug-likeness (QED) is 0.532. The van der Waals surface area contributed by atoms with E-state index < -0.39 is 23.7 Å². The SMILES string of the molecule is COc1ccccc1C1C(C(=O)C(C)C)C(=O)C(=O)N1c1ccc(Br)cc1. The molecular formula is C21H20BrNO4. The molecule has 140 valence electrons. The molecule has 6 heteroatoms. The van der Waals surface area contributed by atoms with Crippen molar-refractivity contribution in [2.24, 2.45) is 11.8 Å². The fraction of sp³-hybridized carbons (Fsp3) is 0.286. The van der Waals surface area contributed by atoms with Crippen molar-refractivity contribution in [3.05, 3.63) is 58.6 Å². The predicted octanol–water partition coefficient (Wildman–Crippen LogP) is 3.96. The molecule has 0 radical (unpaired) electrons. The molecule has 2 aromatic carbocycles. The number of anilines is 1. The van der Waals surface area contributed by atoms with Crippen LogP contribution in [0.25, 0.3) is 0 Å². The van der Waals surface area contributed by atoms with Gasteiger partial charge >= 0.3 is 0 Å². The molecule has 3 rings (SSSR count). The molecule has 2 aromatic rings. The summed E-state index contributed by atoms with van der Waals surface area (Å²) in [5.41, 5.74) is 1.20. The third-order valence-corrected chi connectivity index (χ3v) is 5.27. The van der Waals surface area contributed by atoms with E-state index in [9.17, 15) is 14.4 Å². The van der Waals surface area contributed by atoms with Crippen LogP contribution in [0.4, 0.5) is 5.69 Å². The molecule has 2 unspecified atom stereocenters. The maximum Gasteiger partial charge on any atom is 0.295 e. The van der Waals surface area contributed by atoms with E-state index in [1.807, 2.05) is 12.1 Å². The maximum atomic E-state index is 12.9. The van der Waals surface area contributed by atoms with Crippen LogP contribution in [0.2, 0.25) is 0 Å². The zero-order valence-corrected chi connectivity index (χ0v) is 16.9. The molecule has 5 nitrogen and oxygen atoms in total. The van der Waals surface area contributed by atoms with Crippen LogP contribution in [0, 0.1) is 11.8 Å². The Morgan fingerprint density at radius 2 is 1.70 bits per heavy atom. The molecule has 1 aliphatic heterocycles. The highest BCUT2D eigenvalue weighted by molar-refractivity contribution is 9.10. The summed E-state index contributed by atoms with van der Waals surface area (Å²) in [4.78, 5) is 40.0. The molecular weight excluding hydrogens is 410 g/mol. The first-order valence-electron chi connectivity index (χ1n) is 8.66.